The molecule has 0 aliphatic carbocycles. The van der Waals surface area contributed by atoms with E-state index in [9.17, 15) is 0 Å². The average Bonchev–Trinajstić information content (AvgIpc) is 2.59. The molecule has 0 N–H and O–H groups in total. The van der Waals surface area contributed by atoms with Gasteiger partial charge in [-0.1, -0.05) is 0 Å². The van der Waals surface area contributed by atoms with Gasteiger partial charge in [-0.25, -0.2) is 0 Å². The lowest BCUT2D eigenvalue weighted by Gasteiger charge is -2.37. The summed E-state index contributed by atoms with van der Waals surface area (Å²) in [6.45, 7) is 13.8. The maximum absolute atomic E-state index is 5.83. The minimum Gasteiger partial charge on any atom is -0.474 e. The molecule has 0 radical (unpaired) electrons. The van der Waals surface area contributed by atoms with Crippen LogP contribution in [0.4, 0.5) is 5.82 Å². The first-order valence-corrected chi connectivity index (χ1v) is 10.1. The van der Waals surface area contributed by atoms with Crippen molar-refractivity contribution in [1.82, 2.24) is 14.9 Å². The second-order valence-corrected chi connectivity index (χ2v) is 8.12. The summed E-state index contributed by atoms with van der Waals surface area (Å²) in [5, 5.41) is 0. The molecule has 1 aromatic rings. The molecule has 3 heterocycles. The standard InChI is InChI=1S/C20H34N4O2/c1-15(2)25-20-12-21-11-19(22-20)24-9-6-18(7-10-24)5-8-23-13-16(3)26-17(4)14-23/h11-12,15-18H,5-10,13-14H2,1-4H3. The molecule has 0 spiro atoms. The molecule has 2 aliphatic rings. The van der Waals surface area contributed by atoms with Crippen LogP contribution in [-0.4, -0.2) is 65.9 Å². The first-order valence-electron chi connectivity index (χ1n) is 10.1. The number of morpholine rings is 1. The zero-order valence-corrected chi connectivity index (χ0v) is 16.7. The van der Waals surface area contributed by atoms with Crippen molar-refractivity contribution >= 4 is 5.82 Å². The van der Waals surface area contributed by atoms with Gasteiger partial charge >= 0.3 is 0 Å². The second-order valence-electron chi connectivity index (χ2n) is 8.12. The van der Waals surface area contributed by atoms with Crippen LogP contribution in [0, 0.1) is 5.92 Å². The van der Waals surface area contributed by atoms with Gasteiger partial charge in [-0.05, 0) is 59.4 Å². The zero-order valence-electron chi connectivity index (χ0n) is 16.7. The van der Waals surface area contributed by atoms with E-state index < -0.39 is 0 Å². The molecule has 26 heavy (non-hydrogen) atoms. The zero-order chi connectivity index (χ0) is 18.5. The van der Waals surface area contributed by atoms with Gasteiger partial charge in [0.2, 0.25) is 5.88 Å². The van der Waals surface area contributed by atoms with Gasteiger partial charge in [0.05, 0.1) is 30.7 Å². The molecule has 2 saturated heterocycles. The Morgan fingerprint density at radius 1 is 1.15 bits per heavy atom. The summed E-state index contributed by atoms with van der Waals surface area (Å²) >= 11 is 0. The topological polar surface area (TPSA) is 50.7 Å². The number of anilines is 1. The fourth-order valence-corrected chi connectivity index (χ4v) is 4.07. The maximum Gasteiger partial charge on any atom is 0.234 e. The normalized spacial score (nSPS) is 25.7. The van der Waals surface area contributed by atoms with Crippen LogP contribution in [0.5, 0.6) is 5.88 Å². The number of hydrogen-bond donors (Lipinski definition) is 0. The van der Waals surface area contributed by atoms with E-state index in [2.05, 4.69) is 33.6 Å². The number of piperidine rings is 1. The van der Waals surface area contributed by atoms with Crippen molar-refractivity contribution in [3.8, 4) is 5.88 Å². The smallest absolute Gasteiger partial charge is 0.234 e. The highest BCUT2D eigenvalue weighted by atomic mass is 16.5. The molecule has 2 unspecified atom stereocenters. The van der Waals surface area contributed by atoms with Crippen LogP contribution in [0.2, 0.25) is 0 Å². The van der Waals surface area contributed by atoms with E-state index in [1.165, 1.54) is 25.8 Å². The molecule has 0 amide bonds. The third-order valence-corrected chi connectivity index (χ3v) is 5.24. The van der Waals surface area contributed by atoms with Crippen LogP contribution in [-0.2, 0) is 4.74 Å². The lowest BCUT2D eigenvalue weighted by atomic mass is 9.93. The summed E-state index contributed by atoms with van der Waals surface area (Å²) in [6, 6.07) is 0. The third-order valence-electron chi connectivity index (χ3n) is 5.24. The van der Waals surface area contributed by atoms with Crippen molar-refractivity contribution in [2.75, 3.05) is 37.6 Å². The van der Waals surface area contributed by atoms with Crippen molar-refractivity contribution in [3.05, 3.63) is 12.4 Å². The van der Waals surface area contributed by atoms with Crippen molar-refractivity contribution in [2.45, 2.75) is 65.3 Å². The Morgan fingerprint density at radius 3 is 2.50 bits per heavy atom. The Kier molecular flexibility index (Phi) is 6.70. The quantitative estimate of drug-likeness (QED) is 0.775. The molecule has 0 aromatic carbocycles. The van der Waals surface area contributed by atoms with Gasteiger partial charge in [-0.2, -0.15) is 4.98 Å². The maximum atomic E-state index is 5.83. The van der Waals surface area contributed by atoms with Gasteiger partial charge in [-0.15, -0.1) is 0 Å². The molecule has 146 valence electrons. The van der Waals surface area contributed by atoms with Gasteiger partial charge in [0.15, 0.2) is 5.82 Å². The van der Waals surface area contributed by atoms with Crippen molar-refractivity contribution in [1.29, 1.82) is 0 Å². The largest absolute Gasteiger partial charge is 0.474 e. The van der Waals surface area contributed by atoms with Gasteiger partial charge in [0.25, 0.3) is 0 Å². The third kappa shape index (κ3) is 5.55. The van der Waals surface area contributed by atoms with E-state index in [0.717, 1.165) is 37.9 Å². The molecular weight excluding hydrogens is 328 g/mol. The molecule has 2 fully saturated rings. The van der Waals surface area contributed by atoms with E-state index in [0.29, 0.717) is 18.1 Å². The summed E-state index contributed by atoms with van der Waals surface area (Å²) in [5.41, 5.74) is 0. The predicted molar refractivity (Wildman–Crippen MR) is 104 cm³/mol. The molecular formula is C20H34N4O2. The van der Waals surface area contributed by atoms with Crippen molar-refractivity contribution < 1.29 is 9.47 Å². The fourth-order valence-electron chi connectivity index (χ4n) is 4.07. The summed E-state index contributed by atoms with van der Waals surface area (Å²) in [7, 11) is 0. The van der Waals surface area contributed by atoms with Crippen LogP contribution in [0.15, 0.2) is 12.4 Å². The van der Waals surface area contributed by atoms with Gasteiger partial charge in [0, 0.05) is 26.2 Å². The Labute approximate surface area is 157 Å². The Bertz CT molecular complexity index is 550. The van der Waals surface area contributed by atoms with Crippen LogP contribution < -0.4 is 9.64 Å². The van der Waals surface area contributed by atoms with E-state index in [1.54, 1.807) is 6.20 Å². The SMILES string of the molecule is CC(C)Oc1cncc(N2CCC(CCN3CC(C)OC(C)C3)CC2)n1. The minimum absolute atomic E-state index is 0.121. The highest BCUT2D eigenvalue weighted by Crippen LogP contribution is 2.25. The molecule has 3 rings (SSSR count). The Balaban J connectivity index is 1.44. The van der Waals surface area contributed by atoms with E-state index in [4.69, 9.17) is 9.47 Å². The predicted octanol–water partition coefficient (Wildman–Crippen LogP) is 2.98. The van der Waals surface area contributed by atoms with E-state index in [-0.39, 0.29) is 6.10 Å². The van der Waals surface area contributed by atoms with Gasteiger partial charge in [0.1, 0.15) is 0 Å². The van der Waals surface area contributed by atoms with Crippen molar-refractivity contribution in [2.24, 2.45) is 5.92 Å². The molecule has 6 nitrogen and oxygen atoms in total. The molecule has 0 saturated carbocycles. The van der Waals surface area contributed by atoms with Crippen molar-refractivity contribution in [3.63, 3.8) is 0 Å². The van der Waals surface area contributed by atoms with Gasteiger partial charge in [-0.3, -0.25) is 9.88 Å². The number of hydrogen-bond acceptors (Lipinski definition) is 6. The molecule has 1 aromatic heterocycles. The Morgan fingerprint density at radius 2 is 1.85 bits per heavy atom. The summed E-state index contributed by atoms with van der Waals surface area (Å²) in [5.74, 6) is 2.37. The highest BCUT2D eigenvalue weighted by molar-refractivity contribution is 5.38. The summed E-state index contributed by atoms with van der Waals surface area (Å²) < 4.78 is 11.5. The second kappa shape index (κ2) is 9.00. The Hall–Kier alpha value is -1.40. The lowest BCUT2D eigenvalue weighted by molar-refractivity contribution is -0.0690. The van der Waals surface area contributed by atoms with Crippen LogP contribution in [0.25, 0.3) is 0 Å². The van der Waals surface area contributed by atoms with E-state index in [1.807, 2.05) is 20.0 Å². The van der Waals surface area contributed by atoms with Crippen LogP contribution in [0.1, 0.15) is 47.0 Å². The molecule has 6 heteroatoms. The van der Waals surface area contributed by atoms with Gasteiger partial charge < -0.3 is 14.4 Å². The van der Waals surface area contributed by atoms with Crippen LogP contribution >= 0.6 is 0 Å². The fraction of sp³-hybridized carbons (Fsp3) is 0.800. The average molecular weight is 363 g/mol. The lowest BCUT2D eigenvalue weighted by Crippen LogP contribution is -2.46. The molecule has 2 aliphatic heterocycles. The van der Waals surface area contributed by atoms with Crippen LogP contribution in [0.3, 0.4) is 0 Å². The number of nitrogens with zero attached hydrogens (tertiary/aromatic N) is 4. The molecule has 0 bridgehead atoms. The first-order chi connectivity index (χ1) is 12.5. The number of aromatic nitrogens is 2. The minimum atomic E-state index is 0.121. The van der Waals surface area contributed by atoms with E-state index >= 15 is 0 Å². The monoisotopic (exact) mass is 362 g/mol. The number of ether oxygens (including phenoxy) is 2. The molecule has 2 atom stereocenters. The number of rotatable bonds is 6. The summed E-state index contributed by atoms with van der Waals surface area (Å²) in [6.07, 6.45) is 8.13. The highest BCUT2D eigenvalue weighted by Gasteiger charge is 2.25. The first kappa shape index (κ1) is 19.4. The summed E-state index contributed by atoms with van der Waals surface area (Å²) in [4.78, 5) is 13.8.